The second-order valence-electron chi connectivity index (χ2n) is 7.05. The number of nitrogens with zero attached hydrogens (tertiary/aromatic N) is 1. The van der Waals surface area contributed by atoms with Gasteiger partial charge in [0.15, 0.2) is 0 Å². The molecular formula is C22H25Cl3N2O2. The van der Waals surface area contributed by atoms with Gasteiger partial charge in [0.1, 0.15) is 6.04 Å². The van der Waals surface area contributed by atoms with Crippen molar-refractivity contribution >= 4 is 46.6 Å². The van der Waals surface area contributed by atoms with Gasteiger partial charge in [0.25, 0.3) is 0 Å². The number of carbonyl (C=O) groups is 2. The Labute approximate surface area is 187 Å². The molecule has 0 heterocycles. The zero-order chi connectivity index (χ0) is 21.6. The number of halogens is 3. The Morgan fingerprint density at radius 1 is 1.00 bits per heavy atom. The molecule has 0 unspecified atom stereocenters. The van der Waals surface area contributed by atoms with Crippen LogP contribution in [-0.2, 0) is 22.6 Å². The van der Waals surface area contributed by atoms with Gasteiger partial charge in [-0.15, -0.1) is 0 Å². The molecule has 2 amide bonds. The molecule has 0 aliphatic heterocycles. The lowest BCUT2D eigenvalue weighted by Crippen LogP contribution is -2.49. The summed E-state index contributed by atoms with van der Waals surface area (Å²) >= 11 is 18.1. The number of amides is 2. The van der Waals surface area contributed by atoms with E-state index in [1.54, 1.807) is 42.2 Å². The van der Waals surface area contributed by atoms with Gasteiger partial charge < -0.3 is 10.2 Å². The predicted molar refractivity (Wildman–Crippen MR) is 120 cm³/mol. The van der Waals surface area contributed by atoms with Crippen molar-refractivity contribution in [3.8, 4) is 0 Å². The summed E-state index contributed by atoms with van der Waals surface area (Å²) in [5.41, 5.74) is 1.55. The van der Waals surface area contributed by atoms with Crippen LogP contribution >= 0.6 is 34.8 Å². The Hall–Kier alpha value is -1.75. The Bertz CT molecular complexity index is 856. The normalized spacial score (nSPS) is 12.9. The number of nitrogens with one attached hydrogen (secondary N) is 1. The fourth-order valence-corrected chi connectivity index (χ4v) is 3.37. The van der Waals surface area contributed by atoms with Crippen LogP contribution in [0, 0.1) is 0 Å². The number of benzene rings is 2. The van der Waals surface area contributed by atoms with Crippen molar-refractivity contribution in [2.24, 2.45) is 0 Å². The molecule has 0 radical (unpaired) electrons. The third-order valence-electron chi connectivity index (χ3n) is 4.79. The van der Waals surface area contributed by atoms with Gasteiger partial charge in [-0.3, -0.25) is 9.59 Å². The van der Waals surface area contributed by atoms with Gasteiger partial charge in [0, 0.05) is 27.7 Å². The number of carbonyl (C=O) groups excluding carboxylic acids is 2. The second kappa shape index (κ2) is 10.9. The van der Waals surface area contributed by atoms with Gasteiger partial charge >= 0.3 is 0 Å². The van der Waals surface area contributed by atoms with Crippen molar-refractivity contribution in [1.29, 1.82) is 0 Å². The zero-order valence-electron chi connectivity index (χ0n) is 16.7. The first-order valence-electron chi connectivity index (χ1n) is 9.49. The van der Waals surface area contributed by atoms with Crippen LogP contribution in [0.1, 0.15) is 38.3 Å². The van der Waals surface area contributed by atoms with Gasteiger partial charge in [-0.1, -0.05) is 59.9 Å². The highest BCUT2D eigenvalue weighted by atomic mass is 35.5. The highest BCUT2D eigenvalue weighted by Gasteiger charge is 2.27. The largest absolute Gasteiger partial charge is 0.352 e. The second-order valence-corrected chi connectivity index (χ2v) is 8.33. The van der Waals surface area contributed by atoms with Gasteiger partial charge in [-0.2, -0.15) is 0 Å². The van der Waals surface area contributed by atoms with Gasteiger partial charge in [0.05, 0.1) is 6.42 Å². The van der Waals surface area contributed by atoms with E-state index in [0.717, 1.165) is 12.0 Å². The van der Waals surface area contributed by atoms with Gasteiger partial charge in [-0.25, -0.2) is 0 Å². The molecule has 4 nitrogen and oxygen atoms in total. The molecule has 7 heteroatoms. The molecule has 0 saturated heterocycles. The molecule has 29 heavy (non-hydrogen) atoms. The summed E-state index contributed by atoms with van der Waals surface area (Å²) in [4.78, 5) is 27.4. The lowest BCUT2D eigenvalue weighted by Gasteiger charge is -2.30. The maximum atomic E-state index is 13.2. The molecule has 0 saturated carbocycles. The van der Waals surface area contributed by atoms with E-state index in [2.05, 4.69) is 5.32 Å². The minimum absolute atomic E-state index is 0.0307. The fraction of sp³-hybridized carbons (Fsp3) is 0.364. The van der Waals surface area contributed by atoms with Crippen molar-refractivity contribution in [2.45, 2.75) is 52.2 Å². The molecule has 0 bridgehead atoms. The average molecular weight is 456 g/mol. The Balaban J connectivity index is 2.25. The summed E-state index contributed by atoms with van der Waals surface area (Å²) in [6.07, 6.45) is 0.883. The zero-order valence-corrected chi connectivity index (χ0v) is 19.0. The average Bonchev–Trinajstić information content (AvgIpc) is 2.68. The van der Waals surface area contributed by atoms with Crippen LogP contribution in [0.5, 0.6) is 0 Å². The van der Waals surface area contributed by atoms with E-state index in [9.17, 15) is 9.59 Å². The smallest absolute Gasteiger partial charge is 0.242 e. The minimum atomic E-state index is -0.641. The Morgan fingerprint density at radius 2 is 1.62 bits per heavy atom. The quantitative estimate of drug-likeness (QED) is 0.569. The first-order chi connectivity index (χ1) is 13.7. The van der Waals surface area contributed by atoms with Crippen LogP contribution < -0.4 is 5.32 Å². The lowest BCUT2D eigenvalue weighted by molar-refractivity contribution is -0.140. The van der Waals surface area contributed by atoms with Crippen LogP contribution in [-0.4, -0.2) is 28.8 Å². The standard InChI is InChI=1S/C22H25Cl3N2O2/c1-4-14(2)26-22(29)15(3)27(13-16-5-8-18(23)9-6-16)21(28)11-17-7-10-19(24)12-20(17)25/h5-10,12,14-15H,4,11,13H2,1-3H3,(H,26,29)/t14-,15+/m0/s1. The summed E-state index contributed by atoms with van der Waals surface area (Å²) < 4.78 is 0. The topological polar surface area (TPSA) is 49.4 Å². The van der Waals surface area contributed by atoms with Crippen molar-refractivity contribution in [3.63, 3.8) is 0 Å². The molecule has 2 atom stereocenters. The number of rotatable bonds is 8. The first kappa shape index (κ1) is 23.5. The van der Waals surface area contributed by atoms with Crippen LogP contribution in [0.25, 0.3) is 0 Å². The molecule has 2 aromatic rings. The molecule has 2 aromatic carbocycles. The fourth-order valence-electron chi connectivity index (χ4n) is 2.76. The Morgan fingerprint density at radius 3 is 2.21 bits per heavy atom. The van der Waals surface area contributed by atoms with Crippen LogP contribution in [0.15, 0.2) is 42.5 Å². The Kier molecular flexibility index (Phi) is 8.81. The van der Waals surface area contributed by atoms with Crippen molar-refractivity contribution in [3.05, 3.63) is 68.7 Å². The van der Waals surface area contributed by atoms with E-state index >= 15 is 0 Å². The first-order valence-corrected chi connectivity index (χ1v) is 10.6. The highest BCUT2D eigenvalue weighted by molar-refractivity contribution is 6.35. The van der Waals surface area contributed by atoms with Gasteiger partial charge in [-0.05, 0) is 55.7 Å². The van der Waals surface area contributed by atoms with E-state index in [4.69, 9.17) is 34.8 Å². The van der Waals surface area contributed by atoms with Gasteiger partial charge in [0.2, 0.25) is 11.8 Å². The molecule has 0 fully saturated rings. The van der Waals surface area contributed by atoms with E-state index in [1.165, 1.54) is 0 Å². The molecule has 1 N–H and O–H groups in total. The summed E-state index contributed by atoms with van der Waals surface area (Å²) in [7, 11) is 0. The summed E-state index contributed by atoms with van der Waals surface area (Å²) in [5, 5.41) is 4.49. The highest BCUT2D eigenvalue weighted by Crippen LogP contribution is 2.23. The van der Waals surface area contributed by atoms with E-state index in [0.29, 0.717) is 20.6 Å². The van der Waals surface area contributed by atoms with E-state index in [-0.39, 0.29) is 30.8 Å². The molecule has 0 aromatic heterocycles. The summed E-state index contributed by atoms with van der Waals surface area (Å²) in [6.45, 7) is 5.95. The van der Waals surface area contributed by atoms with Crippen LogP contribution in [0.4, 0.5) is 0 Å². The molecule has 0 aliphatic carbocycles. The molecule has 0 spiro atoms. The maximum absolute atomic E-state index is 13.2. The third kappa shape index (κ3) is 6.91. The van der Waals surface area contributed by atoms with Crippen molar-refractivity contribution in [1.82, 2.24) is 10.2 Å². The minimum Gasteiger partial charge on any atom is -0.352 e. The molecule has 156 valence electrons. The van der Waals surface area contributed by atoms with Crippen molar-refractivity contribution in [2.75, 3.05) is 0 Å². The maximum Gasteiger partial charge on any atom is 0.242 e. The van der Waals surface area contributed by atoms with Crippen LogP contribution in [0.2, 0.25) is 15.1 Å². The monoisotopic (exact) mass is 454 g/mol. The molecule has 0 aliphatic rings. The summed E-state index contributed by atoms with van der Waals surface area (Å²) in [6, 6.07) is 11.6. The summed E-state index contributed by atoms with van der Waals surface area (Å²) in [5.74, 6) is -0.389. The predicted octanol–water partition coefficient (Wildman–Crippen LogP) is 5.52. The van der Waals surface area contributed by atoms with Crippen LogP contribution in [0.3, 0.4) is 0 Å². The lowest BCUT2D eigenvalue weighted by atomic mass is 10.1. The number of hydrogen-bond donors (Lipinski definition) is 1. The molecular weight excluding hydrogens is 431 g/mol. The van der Waals surface area contributed by atoms with E-state index < -0.39 is 6.04 Å². The molecule has 2 rings (SSSR count). The van der Waals surface area contributed by atoms with E-state index in [1.807, 2.05) is 26.0 Å². The van der Waals surface area contributed by atoms with Crippen molar-refractivity contribution < 1.29 is 9.59 Å². The third-order valence-corrected chi connectivity index (χ3v) is 5.63. The number of hydrogen-bond acceptors (Lipinski definition) is 2. The SMILES string of the molecule is CC[C@H](C)NC(=O)[C@@H](C)N(Cc1ccc(Cl)cc1)C(=O)Cc1ccc(Cl)cc1Cl.